The van der Waals surface area contributed by atoms with E-state index in [4.69, 9.17) is 16.3 Å². The lowest BCUT2D eigenvalue weighted by Crippen LogP contribution is -2.01. The first kappa shape index (κ1) is 13.8. The van der Waals surface area contributed by atoms with Crippen LogP contribution in [0.15, 0.2) is 36.4 Å². The highest BCUT2D eigenvalue weighted by atomic mass is 35.5. The second kappa shape index (κ2) is 5.98. The van der Waals surface area contributed by atoms with Crippen molar-refractivity contribution < 1.29 is 4.74 Å². The van der Waals surface area contributed by atoms with Gasteiger partial charge in [0.15, 0.2) is 0 Å². The summed E-state index contributed by atoms with van der Waals surface area (Å²) < 4.78 is 5.14. The first-order chi connectivity index (χ1) is 9.10. The molecule has 2 aromatic carbocycles. The highest BCUT2D eigenvalue weighted by Gasteiger charge is 2.03. The Labute approximate surface area is 119 Å². The minimum absolute atomic E-state index is 0.619. The fraction of sp³-hybridized carbons (Fsp3) is 0.250. The SMILES string of the molecule is COc1ccc(NCc2cc(C)ccc2C)cc1Cl. The molecule has 0 aliphatic carbocycles. The topological polar surface area (TPSA) is 21.3 Å². The van der Waals surface area contributed by atoms with Gasteiger partial charge >= 0.3 is 0 Å². The second-order valence-corrected chi connectivity index (χ2v) is 5.04. The summed E-state index contributed by atoms with van der Waals surface area (Å²) in [6.07, 6.45) is 0. The predicted molar refractivity (Wildman–Crippen MR) is 81.2 cm³/mol. The molecule has 0 aliphatic rings. The first-order valence-corrected chi connectivity index (χ1v) is 6.61. The quantitative estimate of drug-likeness (QED) is 0.882. The van der Waals surface area contributed by atoms with Crippen LogP contribution in [0.3, 0.4) is 0 Å². The molecule has 0 aromatic heterocycles. The molecule has 1 N–H and O–H groups in total. The Morgan fingerprint density at radius 1 is 1.11 bits per heavy atom. The van der Waals surface area contributed by atoms with Crippen molar-refractivity contribution in [2.45, 2.75) is 20.4 Å². The molecule has 0 spiro atoms. The zero-order chi connectivity index (χ0) is 13.8. The minimum Gasteiger partial charge on any atom is -0.495 e. The van der Waals surface area contributed by atoms with E-state index in [0.717, 1.165) is 12.2 Å². The number of anilines is 1. The number of benzene rings is 2. The summed E-state index contributed by atoms with van der Waals surface area (Å²) in [5.41, 5.74) is 4.85. The van der Waals surface area contributed by atoms with Crippen LogP contribution in [-0.2, 0) is 6.54 Å². The summed E-state index contributed by atoms with van der Waals surface area (Å²) >= 11 is 6.10. The smallest absolute Gasteiger partial charge is 0.137 e. The Balaban J connectivity index is 2.10. The Morgan fingerprint density at radius 2 is 1.89 bits per heavy atom. The van der Waals surface area contributed by atoms with Gasteiger partial charge in [0.1, 0.15) is 5.75 Å². The molecule has 0 amide bonds. The third kappa shape index (κ3) is 3.42. The van der Waals surface area contributed by atoms with Crippen LogP contribution < -0.4 is 10.1 Å². The summed E-state index contributed by atoms with van der Waals surface area (Å²) in [5, 5.41) is 4.00. The van der Waals surface area contributed by atoms with Crippen LogP contribution in [0.2, 0.25) is 5.02 Å². The maximum atomic E-state index is 6.10. The average Bonchev–Trinajstić information content (AvgIpc) is 2.40. The van der Waals surface area contributed by atoms with E-state index in [9.17, 15) is 0 Å². The zero-order valence-electron chi connectivity index (χ0n) is 11.5. The lowest BCUT2D eigenvalue weighted by Gasteiger charge is -2.11. The summed E-state index contributed by atoms with van der Waals surface area (Å²) in [6.45, 7) is 5.01. The molecule has 0 radical (unpaired) electrons. The van der Waals surface area contributed by atoms with E-state index >= 15 is 0 Å². The monoisotopic (exact) mass is 275 g/mol. The molecule has 100 valence electrons. The van der Waals surface area contributed by atoms with E-state index in [1.54, 1.807) is 7.11 Å². The zero-order valence-corrected chi connectivity index (χ0v) is 12.2. The van der Waals surface area contributed by atoms with Gasteiger partial charge in [-0.05, 0) is 43.2 Å². The molecule has 0 heterocycles. The van der Waals surface area contributed by atoms with Crippen LogP contribution in [0.4, 0.5) is 5.69 Å². The number of hydrogen-bond donors (Lipinski definition) is 1. The number of ether oxygens (including phenoxy) is 1. The Morgan fingerprint density at radius 3 is 2.58 bits per heavy atom. The minimum atomic E-state index is 0.619. The Kier molecular flexibility index (Phi) is 4.33. The number of aryl methyl sites for hydroxylation is 2. The molecule has 2 nitrogen and oxygen atoms in total. The number of halogens is 1. The van der Waals surface area contributed by atoms with E-state index in [1.165, 1.54) is 16.7 Å². The van der Waals surface area contributed by atoms with E-state index in [2.05, 4.69) is 37.4 Å². The summed E-state index contributed by atoms with van der Waals surface area (Å²) in [7, 11) is 1.62. The van der Waals surface area contributed by atoms with Crippen molar-refractivity contribution in [3.63, 3.8) is 0 Å². The van der Waals surface area contributed by atoms with Crippen molar-refractivity contribution in [3.8, 4) is 5.75 Å². The molecule has 0 atom stereocenters. The molecule has 0 unspecified atom stereocenters. The molecular formula is C16H18ClNO. The van der Waals surface area contributed by atoms with E-state index < -0.39 is 0 Å². The lowest BCUT2D eigenvalue weighted by atomic mass is 10.1. The molecule has 0 bridgehead atoms. The number of nitrogens with one attached hydrogen (secondary N) is 1. The van der Waals surface area contributed by atoms with Crippen LogP contribution in [0, 0.1) is 13.8 Å². The van der Waals surface area contributed by atoms with Gasteiger partial charge in [-0.2, -0.15) is 0 Å². The van der Waals surface area contributed by atoms with Gasteiger partial charge in [0.05, 0.1) is 12.1 Å². The van der Waals surface area contributed by atoms with Crippen molar-refractivity contribution in [2.24, 2.45) is 0 Å². The largest absolute Gasteiger partial charge is 0.495 e. The molecule has 0 saturated heterocycles. The van der Waals surface area contributed by atoms with Crippen molar-refractivity contribution in [3.05, 3.63) is 58.1 Å². The second-order valence-electron chi connectivity index (χ2n) is 4.63. The molecule has 0 fully saturated rings. The van der Waals surface area contributed by atoms with Gasteiger partial charge in [-0.15, -0.1) is 0 Å². The normalized spacial score (nSPS) is 10.3. The van der Waals surface area contributed by atoms with Crippen molar-refractivity contribution in [2.75, 3.05) is 12.4 Å². The Bertz CT molecular complexity index is 581. The molecule has 2 aromatic rings. The highest BCUT2D eigenvalue weighted by Crippen LogP contribution is 2.27. The number of methoxy groups -OCH3 is 1. The van der Waals surface area contributed by atoms with Crippen molar-refractivity contribution >= 4 is 17.3 Å². The summed E-state index contributed by atoms with van der Waals surface area (Å²) in [4.78, 5) is 0. The van der Waals surface area contributed by atoms with Gasteiger partial charge < -0.3 is 10.1 Å². The van der Waals surface area contributed by atoms with Crippen LogP contribution >= 0.6 is 11.6 Å². The van der Waals surface area contributed by atoms with Gasteiger partial charge in [-0.25, -0.2) is 0 Å². The highest BCUT2D eigenvalue weighted by molar-refractivity contribution is 6.32. The van der Waals surface area contributed by atoms with E-state index in [-0.39, 0.29) is 0 Å². The number of rotatable bonds is 4. The molecule has 3 heteroatoms. The van der Waals surface area contributed by atoms with Gasteiger partial charge in [0, 0.05) is 12.2 Å². The molecule has 2 rings (SSSR count). The maximum Gasteiger partial charge on any atom is 0.137 e. The van der Waals surface area contributed by atoms with Gasteiger partial charge in [-0.1, -0.05) is 35.4 Å². The summed E-state index contributed by atoms with van der Waals surface area (Å²) in [5.74, 6) is 0.693. The third-order valence-electron chi connectivity index (χ3n) is 3.14. The average molecular weight is 276 g/mol. The summed E-state index contributed by atoms with van der Waals surface area (Å²) in [6, 6.07) is 12.2. The van der Waals surface area contributed by atoms with Crippen LogP contribution in [-0.4, -0.2) is 7.11 Å². The standard InChI is InChI=1S/C16H18ClNO/c1-11-4-5-12(2)13(8-11)10-18-14-6-7-16(19-3)15(17)9-14/h4-9,18H,10H2,1-3H3. The van der Waals surface area contributed by atoms with Gasteiger partial charge in [0.25, 0.3) is 0 Å². The first-order valence-electron chi connectivity index (χ1n) is 6.23. The predicted octanol–water partition coefficient (Wildman–Crippen LogP) is 4.58. The fourth-order valence-electron chi connectivity index (χ4n) is 1.96. The fourth-order valence-corrected chi connectivity index (χ4v) is 2.22. The van der Waals surface area contributed by atoms with E-state index in [0.29, 0.717) is 10.8 Å². The van der Waals surface area contributed by atoms with Crippen LogP contribution in [0.25, 0.3) is 0 Å². The van der Waals surface area contributed by atoms with Gasteiger partial charge in [-0.3, -0.25) is 0 Å². The van der Waals surface area contributed by atoms with Gasteiger partial charge in [0.2, 0.25) is 0 Å². The lowest BCUT2D eigenvalue weighted by molar-refractivity contribution is 0.415. The van der Waals surface area contributed by atoms with Crippen LogP contribution in [0.5, 0.6) is 5.75 Å². The van der Waals surface area contributed by atoms with Crippen molar-refractivity contribution in [1.29, 1.82) is 0 Å². The number of hydrogen-bond acceptors (Lipinski definition) is 2. The molecule has 0 aliphatic heterocycles. The third-order valence-corrected chi connectivity index (χ3v) is 3.43. The van der Waals surface area contributed by atoms with Crippen LogP contribution in [0.1, 0.15) is 16.7 Å². The maximum absolute atomic E-state index is 6.10. The van der Waals surface area contributed by atoms with Crippen molar-refractivity contribution in [1.82, 2.24) is 0 Å². The molecule has 19 heavy (non-hydrogen) atoms. The Hall–Kier alpha value is -1.67. The molecular weight excluding hydrogens is 258 g/mol. The molecule has 0 saturated carbocycles. The van der Waals surface area contributed by atoms with E-state index in [1.807, 2.05) is 18.2 Å².